The number of halogens is 1. The molecular formula is C14H13FN2O3. The summed E-state index contributed by atoms with van der Waals surface area (Å²) >= 11 is 0. The number of phenols is 1. The summed E-state index contributed by atoms with van der Waals surface area (Å²) in [5.41, 5.74) is 6.24. The van der Waals surface area contributed by atoms with Crippen molar-refractivity contribution in [2.45, 2.75) is 0 Å². The number of phenolic OH excluding ortho intramolecular Hbond substituents is 1. The van der Waals surface area contributed by atoms with Crippen LogP contribution in [0.4, 0.5) is 15.8 Å². The molecule has 5 nitrogen and oxygen atoms in total. The summed E-state index contributed by atoms with van der Waals surface area (Å²) in [7, 11) is 1.35. The zero-order chi connectivity index (χ0) is 14.7. The first-order chi connectivity index (χ1) is 9.51. The number of amides is 1. The van der Waals surface area contributed by atoms with Crippen LogP contribution in [0, 0.1) is 5.82 Å². The third-order valence-electron chi connectivity index (χ3n) is 2.69. The standard InChI is InChI=1S/C14H13FN2O3/c1-20-13-5-2-8(6-11(13)15)17-14(19)10-7-9(18)3-4-12(10)16/h2-7,18H,16H2,1H3,(H,17,19). The quantitative estimate of drug-likeness (QED) is 0.593. The molecule has 2 rings (SSSR count). The van der Waals surface area contributed by atoms with Crippen molar-refractivity contribution in [3.63, 3.8) is 0 Å². The molecule has 0 aromatic heterocycles. The molecule has 2 aromatic rings. The molecule has 0 saturated carbocycles. The predicted molar refractivity (Wildman–Crippen MR) is 73.4 cm³/mol. The van der Waals surface area contributed by atoms with Crippen molar-refractivity contribution < 1.29 is 19.0 Å². The van der Waals surface area contributed by atoms with Gasteiger partial charge in [0.05, 0.1) is 12.7 Å². The van der Waals surface area contributed by atoms with Crippen molar-refractivity contribution in [1.29, 1.82) is 0 Å². The largest absolute Gasteiger partial charge is 0.508 e. The lowest BCUT2D eigenvalue weighted by Gasteiger charge is -2.09. The van der Waals surface area contributed by atoms with E-state index in [9.17, 15) is 14.3 Å². The van der Waals surface area contributed by atoms with Gasteiger partial charge in [-0.3, -0.25) is 4.79 Å². The molecule has 4 N–H and O–H groups in total. The van der Waals surface area contributed by atoms with Crippen LogP contribution in [-0.2, 0) is 0 Å². The second kappa shape index (κ2) is 5.48. The van der Waals surface area contributed by atoms with E-state index in [-0.39, 0.29) is 28.4 Å². The van der Waals surface area contributed by atoms with Gasteiger partial charge in [0.1, 0.15) is 5.75 Å². The Morgan fingerprint density at radius 2 is 2.05 bits per heavy atom. The van der Waals surface area contributed by atoms with E-state index in [1.807, 2.05) is 0 Å². The van der Waals surface area contributed by atoms with Crippen molar-refractivity contribution in [2.24, 2.45) is 0 Å². The second-order valence-electron chi connectivity index (χ2n) is 4.08. The number of hydrogen-bond donors (Lipinski definition) is 3. The van der Waals surface area contributed by atoms with Crippen LogP contribution in [0.25, 0.3) is 0 Å². The molecule has 0 atom stereocenters. The Morgan fingerprint density at radius 3 is 2.70 bits per heavy atom. The highest BCUT2D eigenvalue weighted by Gasteiger charge is 2.12. The smallest absolute Gasteiger partial charge is 0.257 e. The zero-order valence-electron chi connectivity index (χ0n) is 10.7. The van der Waals surface area contributed by atoms with Crippen molar-refractivity contribution in [1.82, 2.24) is 0 Å². The van der Waals surface area contributed by atoms with Crippen LogP contribution in [0.2, 0.25) is 0 Å². The Hall–Kier alpha value is -2.76. The number of nitrogens with one attached hydrogen (secondary N) is 1. The van der Waals surface area contributed by atoms with Gasteiger partial charge in [-0.2, -0.15) is 0 Å². The Balaban J connectivity index is 2.23. The van der Waals surface area contributed by atoms with E-state index >= 15 is 0 Å². The average molecular weight is 276 g/mol. The van der Waals surface area contributed by atoms with Gasteiger partial charge in [-0.25, -0.2) is 4.39 Å². The Kier molecular flexibility index (Phi) is 3.74. The van der Waals surface area contributed by atoms with Crippen molar-refractivity contribution in [3.05, 3.63) is 47.8 Å². The van der Waals surface area contributed by atoms with Gasteiger partial charge >= 0.3 is 0 Å². The monoisotopic (exact) mass is 276 g/mol. The summed E-state index contributed by atoms with van der Waals surface area (Å²) < 4.78 is 18.3. The van der Waals surface area contributed by atoms with Crippen LogP contribution in [0.5, 0.6) is 11.5 Å². The normalized spacial score (nSPS) is 10.1. The topological polar surface area (TPSA) is 84.6 Å². The van der Waals surface area contributed by atoms with Gasteiger partial charge in [-0.15, -0.1) is 0 Å². The molecule has 2 aromatic carbocycles. The van der Waals surface area contributed by atoms with E-state index in [1.165, 1.54) is 37.4 Å². The molecule has 0 saturated heterocycles. The van der Waals surface area contributed by atoms with Gasteiger partial charge in [0, 0.05) is 17.4 Å². The number of methoxy groups -OCH3 is 1. The van der Waals surface area contributed by atoms with E-state index in [0.29, 0.717) is 0 Å². The number of aromatic hydroxyl groups is 1. The Morgan fingerprint density at radius 1 is 1.30 bits per heavy atom. The molecule has 0 aliphatic rings. The number of carbonyl (C=O) groups excluding carboxylic acids is 1. The zero-order valence-corrected chi connectivity index (χ0v) is 10.7. The molecule has 20 heavy (non-hydrogen) atoms. The summed E-state index contributed by atoms with van der Waals surface area (Å²) in [5.74, 6) is -1.12. The fraction of sp³-hybridized carbons (Fsp3) is 0.0714. The number of anilines is 2. The van der Waals surface area contributed by atoms with Crippen LogP contribution in [0.15, 0.2) is 36.4 Å². The van der Waals surface area contributed by atoms with Crippen LogP contribution >= 0.6 is 0 Å². The average Bonchev–Trinajstić information content (AvgIpc) is 2.41. The van der Waals surface area contributed by atoms with Crippen molar-refractivity contribution in [3.8, 4) is 11.5 Å². The highest BCUT2D eigenvalue weighted by atomic mass is 19.1. The number of rotatable bonds is 3. The van der Waals surface area contributed by atoms with E-state index < -0.39 is 11.7 Å². The van der Waals surface area contributed by atoms with Crippen LogP contribution < -0.4 is 15.8 Å². The molecule has 0 unspecified atom stereocenters. The number of benzene rings is 2. The predicted octanol–water partition coefficient (Wildman–Crippen LogP) is 2.37. The minimum absolute atomic E-state index is 0.0785. The van der Waals surface area contributed by atoms with Crippen LogP contribution in [0.1, 0.15) is 10.4 Å². The third-order valence-corrected chi connectivity index (χ3v) is 2.69. The summed E-state index contributed by atoms with van der Waals surface area (Å²) in [6.07, 6.45) is 0. The summed E-state index contributed by atoms with van der Waals surface area (Å²) in [4.78, 5) is 12.0. The van der Waals surface area contributed by atoms with E-state index in [1.54, 1.807) is 0 Å². The molecule has 0 bridgehead atoms. The molecule has 0 radical (unpaired) electrons. The summed E-state index contributed by atoms with van der Waals surface area (Å²) in [6.45, 7) is 0. The van der Waals surface area contributed by atoms with E-state index in [0.717, 1.165) is 6.07 Å². The minimum atomic E-state index is -0.589. The molecule has 0 spiro atoms. The molecule has 0 aliphatic carbocycles. The first kappa shape index (κ1) is 13.7. The molecule has 104 valence electrons. The highest BCUT2D eigenvalue weighted by Crippen LogP contribution is 2.23. The lowest BCUT2D eigenvalue weighted by atomic mass is 10.1. The summed E-state index contributed by atoms with van der Waals surface area (Å²) in [6, 6.07) is 8.06. The number of nitrogens with two attached hydrogens (primary N) is 1. The molecule has 0 heterocycles. The van der Waals surface area contributed by atoms with E-state index in [4.69, 9.17) is 10.5 Å². The number of carbonyl (C=O) groups is 1. The molecule has 6 heteroatoms. The van der Waals surface area contributed by atoms with Gasteiger partial charge in [0.25, 0.3) is 5.91 Å². The van der Waals surface area contributed by atoms with E-state index in [2.05, 4.69) is 5.32 Å². The number of ether oxygens (including phenoxy) is 1. The van der Waals surface area contributed by atoms with Gasteiger partial charge in [0.2, 0.25) is 0 Å². The lowest BCUT2D eigenvalue weighted by Crippen LogP contribution is -2.14. The third kappa shape index (κ3) is 2.80. The molecular weight excluding hydrogens is 263 g/mol. The van der Waals surface area contributed by atoms with Crippen molar-refractivity contribution >= 4 is 17.3 Å². The van der Waals surface area contributed by atoms with Crippen LogP contribution in [0.3, 0.4) is 0 Å². The second-order valence-corrected chi connectivity index (χ2v) is 4.08. The maximum atomic E-state index is 13.5. The molecule has 0 aliphatic heterocycles. The first-order valence-electron chi connectivity index (χ1n) is 5.74. The number of hydrogen-bond acceptors (Lipinski definition) is 4. The fourth-order valence-electron chi connectivity index (χ4n) is 1.68. The Labute approximate surface area is 114 Å². The number of nitrogen functional groups attached to an aromatic ring is 1. The van der Waals surface area contributed by atoms with Crippen LogP contribution in [-0.4, -0.2) is 18.1 Å². The first-order valence-corrected chi connectivity index (χ1v) is 5.74. The maximum absolute atomic E-state index is 13.5. The summed E-state index contributed by atoms with van der Waals surface area (Å²) in [5, 5.41) is 11.8. The highest BCUT2D eigenvalue weighted by molar-refractivity contribution is 6.08. The van der Waals surface area contributed by atoms with Crippen molar-refractivity contribution in [2.75, 3.05) is 18.2 Å². The minimum Gasteiger partial charge on any atom is -0.508 e. The molecule has 1 amide bonds. The van der Waals surface area contributed by atoms with Gasteiger partial charge in [-0.05, 0) is 30.3 Å². The van der Waals surface area contributed by atoms with Gasteiger partial charge in [-0.1, -0.05) is 0 Å². The Bertz CT molecular complexity index is 659. The van der Waals surface area contributed by atoms with Gasteiger partial charge in [0.15, 0.2) is 11.6 Å². The lowest BCUT2D eigenvalue weighted by molar-refractivity contribution is 0.102. The molecule has 0 fully saturated rings. The SMILES string of the molecule is COc1ccc(NC(=O)c2cc(O)ccc2N)cc1F. The maximum Gasteiger partial charge on any atom is 0.257 e. The fourth-order valence-corrected chi connectivity index (χ4v) is 1.68. The van der Waals surface area contributed by atoms with Gasteiger partial charge < -0.3 is 20.9 Å².